The van der Waals surface area contributed by atoms with E-state index < -0.39 is 11.6 Å². The van der Waals surface area contributed by atoms with E-state index in [4.69, 9.17) is 9.47 Å². The number of nitrogens with one attached hydrogen (secondary N) is 1. The molecule has 146 valence electrons. The van der Waals surface area contributed by atoms with Gasteiger partial charge in [0.05, 0.1) is 19.9 Å². The Kier molecular flexibility index (Phi) is 6.20. The summed E-state index contributed by atoms with van der Waals surface area (Å²) in [7, 11) is 2.89. The number of rotatable bonds is 7. The predicted octanol–water partition coefficient (Wildman–Crippen LogP) is 4.68. The maximum Gasteiger partial charge on any atom is 0.226 e. The van der Waals surface area contributed by atoms with Crippen molar-refractivity contribution >= 4 is 22.4 Å². The fourth-order valence-corrected chi connectivity index (χ4v) is 3.37. The van der Waals surface area contributed by atoms with Crippen molar-refractivity contribution < 1.29 is 23.0 Å². The van der Waals surface area contributed by atoms with Gasteiger partial charge in [-0.2, -0.15) is 0 Å². The number of methoxy groups -OCH3 is 2. The Morgan fingerprint density at radius 3 is 2.57 bits per heavy atom. The van der Waals surface area contributed by atoms with Crippen LogP contribution in [0.2, 0.25) is 0 Å². The minimum Gasteiger partial charge on any atom is -0.496 e. The summed E-state index contributed by atoms with van der Waals surface area (Å²) in [6, 6.07) is 8.76. The quantitative estimate of drug-likeness (QED) is 0.621. The smallest absolute Gasteiger partial charge is 0.226 e. The van der Waals surface area contributed by atoms with Crippen LogP contribution in [-0.4, -0.2) is 25.1 Å². The van der Waals surface area contributed by atoms with Crippen molar-refractivity contribution in [2.75, 3.05) is 19.5 Å². The molecule has 3 aromatic rings. The molecule has 2 aromatic carbocycles. The highest BCUT2D eigenvalue weighted by molar-refractivity contribution is 7.14. The maximum atomic E-state index is 13.7. The van der Waals surface area contributed by atoms with Crippen LogP contribution in [0.15, 0.2) is 41.8 Å². The number of benzene rings is 2. The lowest BCUT2D eigenvalue weighted by molar-refractivity contribution is -0.116. The van der Waals surface area contributed by atoms with Crippen molar-refractivity contribution in [1.29, 1.82) is 0 Å². The molecule has 1 N–H and O–H groups in total. The van der Waals surface area contributed by atoms with Crippen LogP contribution in [0.1, 0.15) is 12.0 Å². The van der Waals surface area contributed by atoms with E-state index in [1.54, 1.807) is 11.4 Å². The summed E-state index contributed by atoms with van der Waals surface area (Å²) in [6.07, 6.45) is 0.548. The fourth-order valence-electron chi connectivity index (χ4n) is 2.64. The van der Waals surface area contributed by atoms with Crippen LogP contribution in [-0.2, 0) is 11.2 Å². The molecule has 0 saturated carbocycles. The van der Waals surface area contributed by atoms with E-state index in [0.717, 1.165) is 0 Å². The lowest BCUT2D eigenvalue weighted by atomic mass is 10.1. The molecular formula is C20H18F2N2O3S. The molecule has 0 aliphatic heterocycles. The highest BCUT2D eigenvalue weighted by atomic mass is 32.1. The van der Waals surface area contributed by atoms with E-state index in [9.17, 15) is 13.6 Å². The topological polar surface area (TPSA) is 60.5 Å². The van der Waals surface area contributed by atoms with Crippen LogP contribution in [0.5, 0.6) is 11.5 Å². The SMILES string of the molecule is COc1ccc(CCC(=O)Nc2nc(-c3cc(F)ccc3OC)cs2)cc1F. The van der Waals surface area contributed by atoms with Gasteiger partial charge in [-0.1, -0.05) is 6.07 Å². The van der Waals surface area contributed by atoms with Gasteiger partial charge < -0.3 is 14.8 Å². The normalized spacial score (nSPS) is 10.6. The second kappa shape index (κ2) is 8.79. The Labute approximate surface area is 164 Å². The number of carbonyl (C=O) groups excluding carboxylic acids is 1. The first-order chi connectivity index (χ1) is 13.5. The van der Waals surface area contributed by atoms with E-state index in [-0.39, 0.29) is 18.1 Å². The second-order valence-electron chi connectivity index (χ2n) is 5.90. The first-order valence-electron chi connectivity index (χ1n) is 8.42. The van der Waals surface area contributed by atoms with E-state index in [0.29, 0.717) is 34.1 Å². The molecule has 0 atom stereocenters. The zero-order valence-electron chi connectivity index (χ0n) is 15.3. The Bertz CT molecular complexity index is 991. The molecule has 8 heteroatoms. The minimum absolute atomic E-state index is 0.163. The monoisotopic (exact) mass is 404 g/mol. The number of ether oxygens (including phenoxy) is 2. The molecular weight excluding hydrogens is 386 g/mol. The molecule has 0 aliphatic rings. The van der Waals surface area contributed by atoms with Gasteiger partial charge in [-0.25, -0.2) is 13.8 Å². The second-order valence-corrected chi connectivity index (χ2v) is 6.76. The van der Waals surface area contributed by atoms with Gasteiger partial charge in [0.25, 0.3) is 0 Å². The number of carbonyl (C=O) groups is 1. The Balaban J connectivity index is 1.63. The van der Waals surface area contributed by atoms with Crippen molar-refractivity contribution in [3.05, 3.63) is 59.0 Å². The first kappa shape index (κ1) is 19.8. The molecule has 0 fully saturated rings. The van der Waals surface area contributed by atoms with Crippen molar-refractivity contribution in [1.82, 2.24) is 4.98 Å². The van der Waals surface area contributed by atoms with Gasteiger partial charge in [-0.15, -0.1) is 11.3 Å². The van der Waals surface area contributed by atoms with Crippen molar-refractivity contribution in [2.24, 2.45) is 0 Å². The molecule has 0 aliphatic carbocycles. The molecule has 0 bridgehead atoms. The van der Waals surface area contributed by atoms with Gasteiger partial charge in [0.1, 0.15) is 11.6 Å². The molecule has 1 amide bonds. The summed E-state index contributed by atoms with van der Waals surface area (Å²) >= 11 is 1.23. The third kappa shape index (κ3) is 4.64. The zero-order chi connectivity index (χ0) is 20.1. The van der Waals surface area contributed by atoms with Crippen LogP contribution in [0.4, 0.5) is 13.9 Å². The van der Waals surface area contributed by atoms with Crippen molar-refractivity contribution in [3.63, 3.8) is 0 Å². The van der Waals surface area contributed by atoms with Crippen LogP contribution in [0.25, 0.3) is 11.3 Å². The number of nitrogens with zero attached hydrogens (tertiary/aromatic N) is 1. The molecule has 0 saturated heterocycles. The number of amides is 1. The molecule has 5 nitrogen and oxygen atoms in total. The molecule has 1 heterocycles. The Morgan fingerprint density at radius 2 is 1.86 bits per heavy atom. The Hall–Kier alpha value is -3.00. The predicted molar refractivity (Wildman–Crippen MR) is 104 cm³/mol. The van der Waals surface area contributed by atoms with Gasteiger partial charge in [-0.05, 0) is 42.3 Å². The fraction of sp³-hybridized carbons (Fsp3) is 0.200. The summed E-state index contributed by atoms with van der Waals surface area (Å²) in [5.41, 5.74) is 1.71. The maximum absolute atomic E-state index is 13.7. The van der Waals surface area contributed by atoms with Crippen LogP contribution >= 0.6 is 11.3 Å². The number of hydrogen-bond acceptors (Lipinski definition) is 5. The summed E-state index contributed by atoms with van der Waals surface area (Å²) in [4.78, 5) is 16.5. The summed E-state index contributed by atoms with van der Waals surface area (Å²) in [5.74, 6) is -0.458. The zero-order valence-corrected chi connectivity index (χ0v) is 16.1. The molecule has 1 aromatic heterocycles. The van der Waals surface area contributed by atoms with Gasteiger partial charge >= 0.3 is 0 Å². The summed E-state index contributed by atoms with van der Waals surface area (Å²) < 4.78 is 37.3. The van der Waals surface area contributed by atoms with Gasteiger partial charge in [0.2, 0.25) is 5.91 Å². The van der Waals surface area contributed by atoms with E-state index in [2.05, 4.69) is 10.3 Å². The van der Waals surface area contributed by atoms with Crippen LogP contribution in [0.3, 0.4) is 0 Å². The standard InChI is InChI=1S/C20H18F2N2O3S/c1-26-17-7-5-13(21)10-14(17)16-11-28-20(23-16)24-19(25)8-4-12-3-6-18(27-2)15(22)9-12/h3,5-7,9-11H,4,8H2,1-2H3,(H,23,24,25). The van der Waals surface area contributed by atoms with E-state index in [1.807, 2.05) is 0 Å². The molecule has 0 spiro atoms. The summed E-state index contributed by atoms with van der Waals surface area (Å²) in [6.45, 7) is 0. The third-order valence-corrected chi connectivity index (χ3v) is 4.80. The lowest BCUT2D eigenvalue weighted by Crippen LogP contribution is -2.12. The highest BCUT2D eigenvalue weighted by Gasteiger charge is 2.13. The Morgan fingerprint density at radius 1 is 1.11 bits per heavy atom. The van der Waals surface area contributed by atoms with Crippen molar-refractivity contribution in [2.45, 2.75) is 12.8 Å². The third-order valence-electron chi connectivity index (χ3n) is 4.04. The lowest BCUT2D eigenvalue weighted by Gasteiger charge is -2.06. The molecule has 3 rings (SSSR count). The molecule has 0 unspecified atom stereocenters. The highest BCUT2D eigenvalue weighted by Crippen LogP contribution is 2.32. The minimum atomic E-state index is -0.464. The average molecular weight is 404 g/mol. The largest absolute Gasteiger partial charge is 0.496 e. The van der Waals surface area contributed by atoms with E-state index in [1.165, 1.54) is 55.9 Å². The van der Waals surface area contributed by atoms with Gasteiger partial charge in [-0.3, -0.25) is 4.79 Å². The summed E-state index contributed by atoms with van der Waals surface area (Å²) in [5, 5.41) is 4.82. The van der Waals surface area contributed by atoms with Gasteiger partial charge in [0, 0.05) is 17.4 Å². The number of hydrogen-bond donors (Lipinski definition) is 1. The van der Waals surface area contributed by atoms with Gasteiger partial charge in [0.15, 0.2) is 16.7 Å². The molecule has 28 heavy (non-hydrogen) atoms. The first-order valence-corrected chi connectivity index (χ1v) is 9.30. The molecule has 0 radical (unpaired) electrons. The van der Waals surface area contributed by atoms with E-state index >= 15 is 0 Å². The average Bonchev–Trinajstić information content (AvgIpc) is 3.14. The van der Waals surface area contributed by atoms with Crippen LogP contribution < -0.4 is 14.8 Å². The number of halogens is 2. The number of aryl methyl sites for hydroxylation is 1. The number of aromatic nitrogens is 1. The van der Waals surface area contributed by atoms with Crippen molar-refractivity contribution in [3.8, 4) is 22.8 Å². The van der Waals surface area contributed by atoms with Crippen LogP contribution in [0, 0.1) is 11.6 Å². The number of anilines is 1. The number of thiazole rings is 1.